The van der Waals surface area contributed by atoms with Gasteiger partial charge < -0.3 is 15.5 Å². The molecule has 3 aromatic rings. The quantitative estimate of drug-likeness (QED) is 0.490. The van der Waals surface area contributed by atoms with E-state index in [0.29, 0.717) is 22.9 Å². The van der Waals surface area contributed by atoms with Gasteiger partial charge in [0.25, 0.3) is 11.5 Å². The molecule has 4 rings (SSSR count). The monoisotopic (exact) mass is 447 g/mol. The number of carbonyl (C=O) groups excluding carboxylic acids is 2. The lowest BCUT2D eigenvalue weighted by Crippen LogP contribution is -2.44. The summed E-state index contributed by atoms with van der Waals surface area (Å²) in [5.74, 6) is -0.770. The summed E-state index contributed by atoms with van der Waals surface area (Å²) >= 11 is 0. The van der Waals surface area contributed by atoms with Crippen LogP contribution in [0.3, 0.4) is 0 Å². The van der Waals surface area contributed by atoms with Crippen LogP contribution in [0.2, 0.25) is 0 Å². The number of hydrogen-bond acceptors (Lipinski definition) is 5. The number of carbonyl (C=O) groups is 2. The van der Waals surface area contributed by atoms with E-state index >= 15 is 0 Å². The number of nitrogens with zero attached hydrogens (tertiary/aromatic N) is 2. The Balaban J connectivity index is 1.52. The molecule has 172 valence electrons. The van der Waals surface area contributed by atoms with E-state index in [1.54, 1.807) is 24.3 Å². The molecule has 1 unspecified atom stereocenters. The fraction of sp³-hybridized carbons (Fsp3) is 0.360. The van der Waals surface area contributed by atoms with Gasteiger partial charge >= 0.3 is 0 Å². The van der Waals surface area contributed by atoms with Gasteiger partial charge in [-0.3, -0.25) is 14.4 Å². The van der Waals surface area contributed by atoms with Gasteiger partial charge in [-0.2, -0.15) is 5.10 Å². The summed E-state index contributed by atoms with van der Waals surface area (Å²) in [6.45, 7) is 4.08. The topological polar surface area (TPSA) is 107 Å². The van der Waals surface area contributed by atoms with Gasteiger partial charge in [0, 0.05) is 29.9 Å². The summed E-state index contributed by atoms with van der Waals surface area (Å²) in [6.07, 6.45) is 4.53. The number of H-pyrrole nitrogens is 1. The molecule has 0 spiro atoms. The van der Waals surface area contributed by atoms with Gasteiger partial charge in [-0.05, 0) is 43.5 Å². The third-order valence-corrected chi connectivity index (χ3v) is 5.96. The summed E-state index contributed by atoms with van der Waals surface area (Å²) in [4.78, 5) is 40.5. The summed E-state index contributed by atoms with van der Waals surface area (Å²) in [7, 11) is 0. The van der Waals surface area contributed by atoms with Crippen molar-refractivity contribution >= 4 is 34.0 Å². The molecule has 2 heterocycles. The molecule has 1 aliphatic rings. The molecule has 0 aliphatic carbocycles. The first kappa shape index (κ1) is 22.5. The molecule has 8 nitrogen and oxygen atoms in total. The highest BCUT2D eigenvalue weighted by atomic mass is 16.2. The number of amides is 2. The van der Waals surface area contributed by atoms with E-state index in [2.05, 4.69) is 25.7 Å². The Morgan fingerprint density at radius 2 is 1.85 bits per heavy atom. The van der Waals surface area contributed by atoms with Crippen LogP contribution in [0.1, 0.15) is 49.5 Å². The van der Waals surface area contributed by atoms with Crippen molar-refractivity contribution in [1.29, 1.82) is 0 Å². The number of hydrogen-bond donors (Lipinski definition) is 3. The normalized spacial score (nSPS) is 14.3. The third-order valence-electron chi connectivity index (χ3n) is 5.96. The number of aromatic amines is 1. The molecule has 1 fully saturated rings. The second-order valence-corrected chi connectivity index (χ2v) is 8.35. The molecule has 1 saturated heterocycles. The van der Waals surface area contributed by atoms with Crippen molar-refractivity contribution in [1.82, 2.24) is 15.5 Å². The molecule has 2 aromatic carbocycles. The van der Waals surface area contributed by atoms with Crippen molar-refractivity contribution in [2.45, 2.75) is 45.1 Å². The minimum Gasteiger partial charge on any atom is -0.371 e. The van der Waals surface area contributed by atoms with Crippen LogP contribution in [0.25, 0.3) is 10.8 Å². The second-order valence-electron chi connectivity index (χ2n) is 8.35. The number of aromatic nitrogens is 2. The van der Waals surface area contributed by atoms with Crippen LogP contribution in [0.4, 0.5) is 11.4 Å². The number of rotatable bonds is 8. The first-order chi connectivity index (χ1) is 16.1. The zero-order chi connectivity index (χ0) is 23.2. The highest BCUT2D eigenvalue weighted by molar-refractivity contribution is 6.07. The Hall–Kier alpha value is -3.68. The first-order valence-corrected chi connectivity index (χ1v) is 11.5. The van der Waals surface area contributed by atoms with E-state index in [-0.39, 0.29) is 17.2 Å². The van der Waals surface area contributed by atoms with Crippen molar-refractivity contribution < 1.29 is 9.59 Å². The standard InChI is InChI=1S/C25H29N5O3/c1-2-3-13-21(24(32)26-17-9-8-10-18(16-17)30-14-6-7-15-30)27-25(33)22-19-11-4-5-12-20(19)23(31)29-28-22/h4-5,8-12,16,21H,2-3,6-7,13-15H2,1H3,(H,26,32)(H,27,33)(H,29,31). The number of nitrogens with one attached hydrogen (secondary N) is 3. The van der Waals surface area contributed by atoms with Crippen molar-refractivity contribution in [3.8, 4) is 0 Å². The Kier molecular flexibility index (Phi) is 7.02. The Morgan fingerprint density at radius 1 is 1.09 bits per heavy atom. The summed E-state index contributed by atoms with van der Waals surface area (Å²) < 4.78 is 0. The molecule has 2 amide bonds. The van der Waals surface area contributed by atoms with Crippen LogP contribution in [0.5, 0.6) is 0 Å². The molecule has 3 N–H and O–H groups in total. The Bertz CT molecular complexity index is 1200. The van der Waals surface area contributed by atoms with E-state index in [0.717, 1.165) is 31.6 Å². The molecule has 0 radical (unpaired) electrons. The maximum absolute atomic E-state index is 13.1. The number of benzene rings is 2. The number of anilines is 2. The lowest BCUT2D eigenvalue weighted by molar-refractivity contribution is -0.118. The van der Waals surface area contributed by atoms with Gasteiger partial charge in [0.05, 0.1) is 5.39 Å². The molecule has 1 aliphatic heterocycles. The fourth-order valence-corrected chi connectivity index (χ4v) is 4.18. The molecule has 1 aromatic heterocycles. The zero-order valence-corrected chi connectivity index (χ0v) is 18.8. The highest BCUT2D eigenvalue weighted by Gasteiger charge is 2.24. The van der Waals surface area contributed by atoms with E-state index in [4.69, 9.17) is 0 Å². The van der Waals surface area contributed by atoms with Crippen LogP contribution in [0.15, 0.2) is 53.3 Å². The minimum absolute atomic E-state index is 0.0931. The lowest BCUT2D eigenvalue weighted by atomic mass is 10.1. The largest absolute Gasteiger partial charge is 0.371 e. The number of fused-ring (bicyclic) bond motifs is 1. The van der Waals surface area contributed by atoms with E-state index < -0.39 is 11.9 Å². The maximum atomic E-state index is 13.1. The summed E-state index contributed by atoms with van der Waals surface area (Å²) in [5, 5.41) is 12.9. The lowest BCUT2D eigenvalue weighted by Gasteiger charge is -2.21. The van der Waals surface area contributed by atoms with Crippen molar-refractivity contribution in [2.75, 3.05) is 23.3 Å². The molecule has 33 heavy (non-hydrogen) atoms. The van der Waals surface area contributed by atoms with Crippen molar-refractivity contribution in [3.05, 3.63) is 64.6 Å². The van der Waals surface area contributed by atoms with Gasteiger partial charge in [-0.25, -0.2) is 5.10 Å². The van der Waals surface area contributed by atoms with Crippen molar-refractivity contribution in [2.24, 2.45) is 0 Å². The third kappa shape index (κ3) is 5.22. The van der Waals surface area contributed by atoms with Crippen LogP contribution in [-0.2, 0) is 4.79 Å². The Labute approximate surface area is 192 Å². The van der Waals surface area contributed by atoms with Gasteiger partial charge in [0.1, 0.15) is 6.04 Å². The van der Waals surface area contributed by atoms with Crippen LogP contribution < -0.4 is 21.1 Å². The predicted octanol–water partition coefficient (Wildman–Crippen LogP) is 3.45. The Morgan fingerprint density at radius 3 is 2.61 bits per heavy atom. The SMILES string of the molecule is CCCCC(NC(=O)c1n[nH]c(=O)c2ccccc12)C(=O)Nc1cccc(N2CCCC2)c1. The van der Waals surface area contributed by atoms with Crippen LogP contribution in [0, 0.1) is 0 Å². The average molecular weight is 448 g/mol. The van der Waals surface area contributed by atoms with Gasteiger partial charge in [0.2, 0.25) is 5.91 Å². The molecular formula is C25H29N5O3. The second kappa shape index (κ2) is 10.3. The van der Waals surface area contributed by atoms with Crippen LogP contribution in [-0.4, -0.2) is 41.1 Å². The molecular weight excluding hydrogens is 418 g/mol. The number of unbranched alkanes of at least 4 members (excludes halogenated alkanes) is 1. The molecule has 1 atom stereocenters. The summed E-state index contributed by atoms with van der Waals surface area (Å²) in [6, 6.07) is 13.9. The van der Waals surface area contributed by atoms with Gasteiger partial charge in [-0.1, -0.05) is 44.0 Å². The zero-order valence-electron chi connectivity index (χ0n) is 18.8. The van der Waals surface area contributed by atoms with E-state index in [1.807, 2.05) is 31.2 Å². The van der Waals surface area contributed by atoms with Gasteiger partial charge in [0.15, 0.2) is 5.69 Å². The predicted molar refractivity (Wildman–Crippen MR) is 130 cm³/mol. The smallest absolute Gasteiger partial charge is 0.273 e. The fourth-order valence-electron chi connectivity index (χ4n) is 4.18. The van der Waals surface area contributed by atoms with Crippen molar-refractivity contribution in [3.63, 3.8) is 0 Å². The summed E-state index contributed by atoms with van der Waals surface area (Å²) in [5.41, 5.74) is 1.52. The molecule has 8 heteroatoms. The van der Waals surface area contributed by atoms with Gasteiger partial charge in [-0.15, -0.1) is 0 Å². The van der Waals surface area contributed by atoms with E-state index in [1.165, 1.54) is 12.8 Å². The van der Waals surface area contributed by atoms with E-state index in [9.17, 15) is 14.4 Å². The highest BCUT2D eigenvalue weighted by Crippen LogP contribution is 2.23. The molecule has 0 bridgehead atoms. The minimum atomic E-state index is -0.722. The average Bonchev–Trinajstić information content (AvgIpc) is 3.37. The first-order valence-electron chi connectivity index (χ1n) is 11.5. The van der Waals surface area contributed by atoms with Crippen LogP contribution >= 0.6 is 0 Å². The molecule has 0 saturated carbocycles. The maximum Gasteiger partial charge on any atom is 0.273 e.